The van der Waals surface area contributed by atoms with E-state index in [9.17, 15) is 10.1 Å². The summed E-state index contributed by atoms with van der Waals surface area (Å²) in [7, 11) is 0. The maximum atomic E-state index is 10.4. The number of rotatable bonds is 3. The zero-order valence-corrected chi connectivity index (χ0v) is 9.71. The van der Waals surface area contributed by atoms with E-state index >= 15 is 0 Å². The van der Waals surface area contributed by atoms with Crippen molar-refractivity contribution < 1.29 is 4.92 Å². The van der Waals surface area contributed by atoms with Crippen LogP contribution in [0.25, 0.3) is 0 Å². The molecule has 0 aromatic heterocycles. The van der Waals surface area contributed by atoms with E-state index < -0.39 is 4.92 Å². The molecule has 0 saturated carbocycles. The monoisotopic (exact) mass is 257 g/mol. The molecule has 0 spiro atoms. The fourth-order valence-electron chi connectivity index (χ4n) is 1.43. The second-order valence-corrected chi connectivity index (χ2v) is 3.47. The van der Waals surface area contributed by atoms with Gasteiger partial charge in [0.15, 0.2) is 0 Å². The van der Waals surface area contributed by atoms with Gasteiger partial charge in [0.05, 0.1) is 11.5 Å². The Labute approximate surface area is 104 Å². The Hall–Kier alpha value is -1.86. The van der Waals surface area contributed by atoms with E-state index in [0.29, 0.717) is 13.2 Å². The van der Waals surface area contributed by atoms with Crippen molar-refractivity contribution >= 4 is 24.4 Å². The highest BCUT2D eigenvalue weighted by Crippen LogP contribution is 2.14. The van der Waals surface area contributed by atoms with Crippen molar-refractivity contribution in [1.82, 2.24) is 10.0 Å². The Bertz CT molecular complexity index is 422. The van der Waals surface area contributed by atoms with Gasteiger partial charge in [-0.15, -0.1) is 12.4 Å². The number of hydrazone groups is 1. The number of nitrogens with zero attached hydrogens (tertiary/aromatic N) is 4. The molecular formula is C9H12ClN5O2. The summed E-state index contributed by atoms with van der Waals surface area (Å²) in [4.78, 5) is 10.0. The highest BCUT2D eigenvalue weighted by molar-refractivity contribution is 5.85. The van der Waals surface area contributed by atoms with Gasteiger partial charge in [0.1, 0.15) is 13.0 Å². The van der Waals surface area contributed by atoms with Gasteiger partial charge in [0.25, 0.3) is 5.69 Å². The lowest BCUT2D eigenvalue weighted by Gasteiger charge is -2.15. The van der Waals surface area contributed by atoms with Gasteiger partial charge in [0.2, 0.25) is 0 Å². The molecule has 2 N–H and O–H groups in total. The molecule has 7 nitrogen and oxygen atoms in total. The van der Waals surface area contributed by atoms with Gasteiger partial charge in [-0.05, 0) is 5.56 Å². The predicted octanol–water partition coefficient (Wildman–Crippen LogP) is 0.909. The molecule has 1 aliphatic rings. The van der Waals surface area contributed by atoms with E-state index in [1.165, 1.54) is 23.5 Å². The summed E-state index contributed by atoms with van der Waals surface area (Å²) >= 11 is 0. The summed E-state index contributed by atoms with van der Waals surface area (Å²) in [6, 6.07) is 6.39. The van der Waals surface area contributed by atoms with Gasteiger partial charge in [-0.1, -0.05) is 12.1 Å². The van der Waals surface area contributed by atoms with Crippen molar-refractivity contribution in [2.75, 3.05) is 6.67 Å². The number of nitro benzene ring substituents is 1. The molecule has 0 fully saturated rings. The highest BCUT2D eigenvalue weighted by atomic mass is 35.5. The molecule has 1 aromatic rings. The first-order chi connectivity index (χ1) is 7.65. The molecule has 0 atom stereocenters. The Morgan fingerprint density at radius 1 is 1.41 bits per heavy atom. The lowest BCUT2D eigenvalue weighted by Crippen LogP contribution is -2.31. The smallest absolute Gasteiger partial charge is 0.269 e. The van der Waals surface area contributed by atoms with E-state index in [1.54, 1.807) is 17.1 Å². The lowest BCUT2D eigenvalue weighted by atomic mass is 10.2. The fourth-order valence-corrected chi connectivity index (χ4v) is 1.43. The normalized spacial score (nSPS) is 13.7. The number of benzene rings is 1. The molecular weight excluding hydrogens is 246 g/mol. The number of hydrogen-bond acceptors (Lipinski definition) is 6. The zero-order chi connectivity index (χ0) is 11.5. The minimum Gasteiger partial charge on any atom is -0.278 e. The summed E-state index contributed by atoms with van der Waals surface area (Å²) in [5.74, 6) is 5.50. The van der Waals surface area contributed by atoms with Gasteiger partial charge in [-0.2, -0.15) is 5.10 Å². The lowest BCUT2D eigenvalue weighted by molar-refractivity contribution is -0.384. The Morgan fingerprint density at radius 2 is 2.06 bits per heavy atom. The number of halogens is 1. The van der Waals surface area contributed by atoms with Gasteiger partial charge >= 0.3 is 0 Å². The largest absolute Gasteiger partial charge is 0.278 e. The molecule has 1 heterocycles. The van der Waals surface area contributed by atoms with Crippen molar-refractivity contribution in [2.24, 2.45) is 10.9 Å². The number of hydrogen-bond donors (Lipinski definition) is 1. The van der Waals surface area contributed by atoms with Crippen LogP contribution in [0.3, 0.4) is 0 Å². The van der Waals surface area contributed by atoms with E-state index in [1.807, 2.05) is 0 Å². The van der Waals surface area contributed by atoms with E-state index in [0.717, 1.165) is 5.56 Å². The number of non-ortho nitro benzene ring substituents is 1. The third-order valence-electron chi connectivity index (χ3n) is 2.20. The summed E-state index contributed by atoms with van der Waals surface area (Å²) in [5.41, 5.74) is 1.05. The average molecular weight is 258 g/mol. The molecule has 0 unspecified atom stereocenters. The Morgan fingerprint density at radius 3 is 2.53 bits per heavy atom. The topological polar surface area (TPSA) is 88.0 Å². The number of hydrazine groups is 1. The minimum absolute atomic E-state index is 0. The third-order valence-corrected chi connectivity index (χ3v) is 2.20. The zero-order valence-electron chi connectivity index (χ0n) is 8.89. The Kier molecular flexibility index (Phi) is 4.24. The molecule has 8 heteroatoms. The van der Waals surface area contributed by atoms with Gasteiger partial charge in [-0.3, -0.25) is 20.1 Å². The second-order valence-electron chi connectivity index (χ2n) is 3.47. The molecule has 1 aromatic carbocycles. The molecule has 2 rings (SSSR count). The van der Waals surface area contributed by atoms with Crippen LogP contribution in [0, 0.1) is 10.1 Å². The van der Waals surface area contributed by atoms with Crippen LogP contribution in [0.1, 0.15) is 5.56 Å². The van der Waals surface area contributed by atoms with Crippen LogP contribution in [-0.4, -0.2) is 27.9 Å². The third kappa shape index (κ3) is 3.30. The molecule has 0 radical (unpaired) electrons. The van der Waals surface area contributed by atoms with Crippen LogP contribution in [0.4, 0.5) is 5.69 Å². The van der Waals surface area contributed by atoms with Crippen LogP contribution in [0.5, 0.6) is 0 Å². The quantitative estimate of drug-likeness (QED) is 0.494. The summed E-state index contributed by atoms with van der Waals surface area (Å²) < 4.78 is 0. The van der Waals surface area contributed by atoms with Crippen LogP contribution < -0.4 is 5.84 Å². The minimum atomic E-state index is -0.417. The second kappa shape index (κ2) is 5.46. The molecule has 0 aliphatic carbocycles. The summed E-state index contributed by atoms with van der Waals surface area (Å²) in [5, 5.41) is 17.7. The van der Waals surface area contributed by atoms with Crippen molar-refractivity contribution in [2.45, 2.75) is 6.54 Å². The molecule has 1 aliphatic heterocycles. The van der Waals surface area contributed by atoms with Crippen molar-refractivity contribution in [3.63, 3.8) is 0 Å². The molecule has 92 valence electrons. The molecule has 0 saturated heterocycles. The van der Waals surface area contributed by atoms with Crippen LogP contribution in [0.15, 0.2) is 29.4 Å². The van der Waals surface area contributed by atoms with Gasteiger partial charge in [-0.25, -0.2) is 5.84 Å². The maximum absolute atomic E-state index is 10.4. The van der Waals surface area contributed by atoms with E-state index in [-0.39, 0.29) is 18.1 Å². The number of nitro groups is 1. The fraction of sp³-hybridized carbons (Fsp3) is 0.222. The van der Waals surface area contributed by atoms with Gasteiger partial charge in [0, 0.05) is 12.1 Å². The first-order valence-corrected chi connectivity index (χ1v) is 4.69. The Balaban J connectivity index is 0.00000144. The average Bonchev–Trinajstić information content (AvgIpc) is 2.65. The highest BCUT2D eigenvalue weighted by Gasteiger charge is 2.11. The summed E-state index contributed by atoms with van der Waals surface area (Å²) in [6.45, 7) is 1.11. The SMILES string of the molecule is Cl.NN1C=NN(Cc2ccc([N+](=O)[O-])cc2)C1. The molecule has 17 heavy (non-hydrogen) atoms. The summed E-state index contributed by atoms with van der Waals surface area (Å²) in [6.07, 6.45) is 1.53. The first-order valence-electron chi connectivity index (χ1n) is 4.69. The standard InChI is InChI=1S/C9H11N5O2.ClH/c10-12-6-11-13(7-12)5-8-1-3-9(4-2-8)14(15)16;/h1-4,6H,5,7,10H2;1H. The van der Waals surface area contributed by atoms with E-state index in [2.05, 4.69) is 5.10 Å². The van der Waals surface area contributed by atoms with Crippen molar-refractivity contribution in [3.8, 4) is 0 Å². The van der Waals surface area contributed by atoms with Crippen molar-refractivity contribution in [1.29, 1.82) is 0 Å². The molecule has 0 bridgehead atoms. The maximum Gasteiger partial charge on any atom is 0.269 e. The number of nitrogens with two attached hydrogens (primary N) is 1. The van der Waals surface area contributed by atoms with Gasteiger partial charge < -0.3 is 0 Å². The van der Waals surface area contributed by atoms with Crippen LogP contribution in [0.2, 0.25) is 0 Å². The molecule has 0 amide bonds. The van der Waals surface area contributed by atoms with E-state index in [4.69, 9.17) is 5.84 Å². The first kappa shape index (κ1) is 13.2. The van der Waals surface area contributed by atoms with Crippen LogP contribution >= 0.6 is 12.4 Å². The van der Waals surface area contributed by atoms with Crippen LogP contribution in [-0.2, 0) is 6.54 Å². The predicted molar refractivity (Wildman–Crippen MR) is 65.3 cm³/mol. The van der Waals surface area contributed by atoms with Crippen molar-refractivity contribution in [3.05, 3.63) is 39.9 Å².